The summed E-state index contributed by atoms with van der Waals surface area (Å²) >= 11 is 0. The fourth-order valence-electron chi connectivity index (χ4n) is 4.75. The average molecular weight is 537 g/mol. The van der Waals surface area contributed by atoms with Crippen LogP contribution in [0.4, 0.5) is 11.6 Å². The lowest BCUT2D eigenvalue weighted by atomic mass is 10.1. The summed E-state index contributed by atoms with van der Waals surface area (Å²) in [4.78, 5) is 30.6. The van der Waals surface area contributed by atoms with E-state index in [4.69, 9.17) is 5.14 Å². The number of hydrogen-bond acceptors (Lipinski definition) is 9. The summed E-state index contributed by atoms with van der Waals surface area (Å²) in [6.45, 7) is 4.76. The first kappa shape index (κ1) is 26.3. The summed E-state index contributed by atoms with van der Waals surface area (Å²) in [5, 5.41) is 8.76. The van der Waals surface area contributed by atoms with Gasteiger partial charge >= 0.3 is 0 Å². The number of carbonyl (C=O) groups excluding carboxylic acids is 1. The van der Waals surface area contributed by atoms with E-state index in [-0.39, 0.29) is 18.9 Å². The van der Waals surface area contributed by atoms with E-state index in [2.05, 4.69) is 42.2 Å². The van der Waals surface area contributed by atoms with E-state index in [1.807, 2.05) is 18.2 Å². The Morgan fingerprint density at radius 1 is 0.895 bits per heavy atom. The molecule has 11 nitrogen and oxygen atoms in total. The molecule has 1 aromatic carbocycles. The molecule has 2 aromatic heterocycles. The van der Waals surface area contributed by atoms with Gasteiger partial charge in [-0.15, -0.1) is 0 Å². The van der Waals surface area contributed by atoms with Crippen LogP contribution >= 0.6 is 0 Å². The van der Waals surface area contributed by atoms with Crippen LogP contribution in [0.3, 0.4) is 0 Å². The van der Waals surface area contributed by atoms with Crippen molar-refractivity contribution < 1.29 is 13.2 Å². The summed E-state index contributed by atoms with van der Waals surface area (Å²) in [6.07, 6.45) is 4.04. The van der Waals surface area contributed by atoms with E-state index in [0.29, 0.717) is 36.7 Å². The second-order valence-electron chi connectivity index (χ2n) is 9.70. The number of pyridine rings is 1. The molecule has 0 atom stereocenters. The van der Waals surface area contributed by atoms with Crippen molar-refractivity contribution in [2.45, 2.75) is 25.9 Å². The van der Waals surface area contributed by atoms with Crippen LogP contribution in [0.5, 0.6) is 0 Å². The van der Waals surface area contributed by atoms with Gasteiger partial charge in [0.05, 0.1) is 24.5 Å². The molecule has 1 saturated heterocycles. The van der Waals surface area contributed by atoms with Gasteiger partial charge in [-0.3, -0.25) is 19.6 Å². The highest BCUT2D eigenvalue weighted by Crippen LogP contribution is 2.21. The van der Waals surface area contributed by atoms with Crippen molar-refractivity contribution in [2.75, 3.05) is 44.6 Å². The van der Waals surface area contributed by atoms with Gasteiger partial charge in [0.2, 0.25) is 5.95 Å². The Kier molecular flexibility index (Phi) is 8.05. The normalized spacial score (nSPS) is 21.7. The second kappa shape index (κ2) is 11.6. The molecule has 0 radical (unpaired) electrons. The maximum absolute atomic E-state index is 12.6. The van der Waals surface area contributed by atoms with Crippen LogP contribution in [0.25, 0.3) is 11.3 Å². The number of benzene rings is 1. The lowest BCUT2D eigenvalue weighted by Crippen LogP contribution is -2.47. The molecule has 0 amide bonds. The molecule has 3 aromatic rings. The van der Waals surface area contributed by atoms with Crippen LogP contribution in [0.15, 0.2) is 54.9 Å². The number of nitrogens with zero attached hydrogens (tertiary/aromatic N) is 6. The van der Waals surface area contributed by atoms with Crippen LogP contribution < -0.4 is 10.5 Å². The van der Waals surface area contributed by atoms with Crippen molar-refractivity contribution in [3.63, 3.8) is 0 Å². The van der Waals surface area contributed by atoms with Gasteiger partial charge in [0.25, 0.3) is 10.2 Å². The third-order valence-corrected chi connectivity index (χ3v) is 7.82. The number of anilines is 2. The van der Waals surface area contributed by atoms with E-state index in [1.54, 1.807) is 24.5 Å². The van der Waals surface area contributed by atoms with Gasteiger partial charge in [0.15, 0.2) is 0 Å². The fraction of sp³-hybridized carbons (Fsp3) is 0.385. The highest BCUT2D eigenvalue weighted by atomic mass is 32.2. The number of ketones is 1. The maximum Gasteiger partial charge on any atom is 0.277 e. The van der Waals surface area contributed by atoms with Gasteiger partial charge in [0, 0.05) is 69.3 Å². The Bertz CT molecular complexity index is 1380. The lowest BCUT2D eigenvalue weighted by molar-refractivity contribution is -0.120. The molecule has 5 aliphatic heterocycles. The SMILES string of the molecule is NS(=O)(=O)N1CCCC(=O)CN2CCN(CC2)Cc2cccc(c2)Nc2nccc(n2)-c2ccc(nc2)C1. The Morgan fingerprint density at radius 3 is 2.42 bits per heavy atom. The molecule has 8 rings (SSSR count). The lowest BCUT2D eigenvalue weighted by Gasteiger charge is -2.34. The first-order chi connectivity index (χ1) is 18.3. The molecular weight excluding hydrogens is 504 g/mol. The maximum atomic E-state index is 12.6. The number of carbonyl (C=O) groups is 1. The molecular formula is C26H32N8O3S. The van der Waals surface area contributed by atoms with Crippen molar-refractivity contribution in [3.8, 4) is 11.3 Å². The molecule has 3 N–H and O–H groups in total. The van der Waals surface area contributed by atoms with Crippen molar-refractivity contribution in [1.29, 1.82) is 0 Å². The molecule has 38 heavy (non-hydrogen) atoms. The largest absolute Gasteiger partial charge is 0.324 e. The zero-order chi connectivity index (χ0) is 26.5. The third kappa shape index (κ3) is 6.97. The first-order valence-electron chi connectivity index (χ1n) is 12.7. The summed E-state index contributed by atoms with van der Waals surface area (Å²) in [5.74, 6) is 0.580. The molecule has 200 valence electrons. The smallest absolute Gasteiger partial charge is 0.277 e. The van der Waals surface area contributed by atoms with E-state index < -0.39 is 10.2 Å². The minimum absolute atomic E-state index is 0.0299. The van der Waals surface area contributed by atoms with Crippen molar-refractivity contribution in [1.82, 2.24) is 29.1 Å². The molecule has 0 saturated carbocycles. The minimum Gasteiger partial charge on any atom is -0.324 e. The standard InChI is InChI=1S/C26H32N8O3S/c27-38(36,37)34-10-2-5-24(35)19-33-13-11-32(12-14-33)17-20-3-1-4-22(15-20)30-26-28-9-8-25(31-26)21-6-7-23(18-34)29-16-21/h1,3-4,6-9,15-16H,2,5,10-14,17-19H2,(H2,27,36,37)(H,28,30,31). The quantitative estimate of drug-likeness (QED) is 0.476. The Balaban J connectivity index is 1.41. The molecule has 12 heteroatoms. The van der Waals surface area contributed by atoms with Gasteiger partial charge in [-0.2, -0.15) is 12.7 Å². The Labute approximate surface area is 222 Å². The number of nitrogens with two attached hydrogens (primary N) is 1. The van der Waals surface area contributed by atoms with Crippen molar-refractivity contribution in [2.24, 2.45) is 5.14 Å². The number of nitrogens with one attached hydrogen (secondary N) is 1. The minimum atomic E-state index is -3.95. The van der Waals surface area contributed by atoms with Gasteiger partial charge in [0.1, 0.15) is 5.78 Å². The van der Waals surface area contributed by atoms with Crippen LogP contribution in [0, 0.1) is 0 Å². The number of hydrogen-bond donors (Lipinski definition) is 2. The third-order valence-electron chi connectivity index (χ3n) is 6.79. The highest BCUT2D eigenvalue weighted by Gasteiger charge is 2.21. The number of Topliss-reactive ketones (excluding diaryl/α,β-unsaturated/α-hetero) is 1. The summed E-state index contributed by atoms with van der Waals surface area (Å²) in [7, 11) is -3.95. The summed E-state index contributed by atoms with van der Waals surface area (Å²) in [5.41, 5.74) is 4.11. The predicted octanol–water partition coefficient (Wildman–Crippen LogP) is 1.77. The van der Waals surface area contributed by atoms with Crippen molar-refractivity contribution in [3.05, 3.63) is 66.1 Å². The predicted molar refractivity (Wildman–Crippen MR) is 144 cm³/mol. The molecule has 0 spiro atoms. The van der Waals surface area contributed by atoms with Gasteiger partial charge in [-0.05, 0) is 42.3 Å². The Hall–Kier alpha value is -3.29. The second-order valence-corrected chi connectivity index (χ2v) is 11.2. The molecule has 0 unspecified atom stereocenters. The molecule has 5 aliphatic rings. The topological polar surface area (TPSA) is 138 Å². The van der Waals surface area contributed by atoms with Gasteiger partial charge < -0.3 is 5.32 Å². The molecule has 1 fully saturated rings. The summed E-state index contributed by atoms with van der Waals surface area (Å²) < 4.78 is 25.6. The van der Waals surface area contributed by atoms with E-state index in [1.165, 1.54) is 5.56 Å². The monoisotopic (exact) mass is 536 g/mol. The van der Waals surface area contributed by atoms with Crippen molar-refractivity contribution >= 4 is 27.6 Å². The highest BCUT2D eigenvalue weighted by molar-refractivity contribution is 7.86. The van der Waals surface area contributed by atoms with Gasteiger partial charge in [-0.1, -0.05) is 12.1 Å². The molecule has 8 bridgehead atoms. The van der Waals surface area contributed by atoms with Crippen LogP contribution in [-0.4, -0.2) is 82.5 Å². The zero-order valence-electron chi connectivity index (χ0n) is 21.2. The van der Waals surface area contributed by atoms with E-state index >= 15 is 0 Å². The van der Waals surface area contributed by atoms with Crippen LogP contribution in [0.1, 0.15) is 24.1 Å². The summed E-state index contributed by atoms with van der Waals surface area (Å²) in [6, 6.07) is 13.6. The van der Waals surface area contributed by atoms with Crippen LogP contribution in [-0.2, 0) is 28.1 Å². The molecule has 7 heterocycles. The zero-order valence-corrected chi connectivity index (χ0v) is 22.0. The van der Waals surface area contributed by atoms with Gasteiger partial charge in [-0.25, -0.2) is 15.1 Å². The first-order valence-corrected chi connectivity index (χ1v) is 14.2. The van der Waals surface area contributed by atoms with E-state index in [9.17, 15) is 13.2 Å². The number of piperazine rings is 1. The molecule has 0 aliphatic carbocycles. The van der Waals surface area contributed by atoms with E-state index in [0.717, 1.165) is 48.3 Å². The average Bonchev–Trinajstić information content (AvgIpc) is 2.89. The number of rotatable bonds is 1. The number of aromatic nitrogens is 3. The Morgan fingerprint density at radius 2 is 1.68 bits per heavy atom. The fourth-order valence-corrected chi connectivity index (χ4v) is 5.44. The van der Waals surface area contributed by atoms with Crippen LogP contribution in [0.2, 0.25) is 0 Å².